The molecule has 17 heavy (non-hydrogen) atoms. The minimum Gasteiger partial charge on any atom is -0.396 e. The molecule has 0 fully saturated rings. The van der Waals surface area contributed by atoms with Gasteiger partial charge in [-0.25, -0.2) is 0 Å². The van der Waals surface area contributed by atoms with E-state index in [1.807, 2.05) is 24.3 Å². The fourth-order valence-corrected chi connectivity index (χ4v) is 1.69. The van der Waals surface area contributed by atoms with Gasteiger partial charge in [0.05, 0.1) is 0 Å². The van der Waals surface area contributed by atoms with Gasteiger partial charge in [-0.15, -0.1) is 0 Å². The normalized spacial score (nSPS) is 16.5. The zero-order chi connectivity index (χ0) is 12.9. The van der Waals surface area contributed by atoms with Crippen molar-refractivity contribution >= 4 is 11.6 Å². The minimum absolute atomic E-state index is 0.0410. The number of aliphatic hydroxyl groups excluding tert-OH is 1. The van der Waals surface area contributed by atoms with Gasteiger partial charge in [0.25, 0.3) is 0 Å². The molecule has 0 aliphatic rings. The second-order valence-corrected chi connectivity index (χ2v) is 5.41. The summed E-state index contributed by atoms with van der Waals surface area (Å²) in [6.07, 6.45) is 0.962. The van der Waals surface area contributed by atoms with Gasteiger partial charge in [0.15, 0.2) is 0 Å². The van der Waals surface area contributed by atoms with Gasteiger partial charge in [0.2, 0.25) is 0 Å². The van der Waals surface area contributed by atoms with Crippen LogP contribution in [-0.2, 0) is 0 Å². The van der Waals surface area contributed by atoms with Gasteiger partial charge in [-0.05, 0) is 31.0 Å². The standard InChI is InChI=1S/C14H22ClNO/c1-4-14(3,10-17)9-16-11(2)12-5-7-13(15)8-6-12/h5-8,11,16-17H,4,9-10H2,1-3H3/t11-,14?/m0/s1. The van der Waals surface area contributed by atoms with E-state index in [2.05, 4.69) is 26.1 Å². The molecular weight excluding hydrogens is 234 g/mol. The number of hydrogen-bond acceptors (Lipinski definition) is 2. The molecule has 0 aliphatic heterocycles. The lowest BCUT2D eigenvalue weighted by Crippen LogP contribution is -2.35. The highest BCUT2D eigenvalue weighted by atomic mass is 35.5. The lowest BCUT2D eigenvalue weighted by Gasteiger charge is -2.28. The molecule has 1 aromatic rings. The smallest absolute Gasteiger partial charge is 0.0496 e. The lowest BCUT2D eigenvalue weighted by molar-refractivity contribution is 0.132. The van der Waals surface area contributed by atoms with Crippen LogP contribution in [0.3, 0.4) is 0 Å². The summed E-state index contributed by atoms with van der Waals surface area (Å²) in [5.41, 5.74) is 1.17. The molecule has 3 heteroatoms. The van der Waals surface area contributed by atoms with E-state index in [9.17, 15) is 5.11 Å². The van der Waals surface area contributed by atoms with Crippen molar-refractivity contribution in [3.8, 4) is 0 Å². The third-order valence-electron chi connectivity index (χ3n) is 3.44. The van der Waals surface area contributed by atoms with Gasteiger partial charge >= 0.3 is 0 Å². The molecule has 0 saturated carbocycles. The van der Waals surface area contributed by atoms with E-state index in [0.29, 0.717) is 0 Å². The molecular formula is C14H22ClNO. The molecule has 0 saturated heterocycles. The van der Waals surface area contributed by atoms with E-state index in [1.165, 1.54) is 5.56 Å². The van der Waals surface area contributed by atoms with E-state index in [1.54, 1.807) is 0 Å². The summed E-state index contributed by atoms with van der Waals surface area (Å²) < 4.78 is 0. The molecule has 0 radical (unpaired) electrons. The van der Waals surface area contributed by atoms with E-state index in [0.717, 1.165) is 18.0 Å². The van der Waals surface area contributed by atoms with E-state index in [-0.39, 0.29) is 18.1 Å². The van der Waals surface area contributed by atoms with Crippen LogP contribution >= 0.6 is 11.6 Å². The summed E-state index contributed by atoms with van der Waals surface area (Å²) in [4.78, 5) is 0. The average Bonchev–Trinajstić information content (AvgIpc) is 2.36. The summed E-state index contributed by atoms with van der Waals surface area (Å²) in [7, 11) is 0. The summed E-state index contributed by atoms with van der Waals surface area (Å²) >= 11 is 5.86. The van der Waals surface area contributed by atoms with Crippen LogP contribution in [0, 0.1) is 5.41 Å². The van der Waals surface area contributed by atoms with Crippen LogP contribution in [0.15, 0.2) is 24.3 Å². The van der Waals surface area contributed by atoms with Crippen molar-refractivity contribution in [2.24, 2.45) is 5.41 Å². The maximum atomic E-state index is 9.35. The predicted molar refractivity (Wildman–Crippen MR) is 73.4 cm³/mol. The summed E-state index contributed by atoms with van der Waals surface area (Å²) in [5.74, 6) is 0. The van der Waals surface area contributed by atoms with Crippen molar-refractivity contribution in [2.75, 3.05) is 13.2 Å². The molecule has 2 N–H and O–H groups in total. The van der Waals surface area contributed by atoms with E-state index in [4.69, 9.17) is 11.6 Å². The minimum atomic E-state index is -0.0410. The number of aliphatic hydroxyl groups is 1. The molecule has 0 amide bonds. The van der Waals surface area contributed by atoms with E-state index < -0.39 is 0 Å². The Balaban J connectivity index is 2.55. The molecule has 0 spiro atoms. The highest BCUT2D eigenvalue weighted by molar-refractivity contribution is 6.30. The van der Waals surface area contributed by atoms with Crippen molar-refractivity contribution in [3.63, 3.8) is 0 Å². The Hall–Kier alpha value is -0.570. The Morgan fingerprint density at radius 1 is 1.35 bits per heavy atom. The predicted octanol–water partition coefficient (Wildman–Crippen LogP) is 3.40. The molecule has 1 aromatic carbocycles. The van der Waals surface area contributed by atoms with Gasteiger partial charge in [0, 0.05) is 29.6 Å². The number of halogens is 1. The van der Waals surface area contributed by atoms with Gasteiger partial charge < -0.3 is 10.4 Å². The molecule has 96 valence electrons. The highest BCUT2D eigenvalue weighted by Gasteiger charge is 2.21. The maximum absolute atomic E-state index is 9.35. The quantitative estimate of drug-likeness (QED) is 0.817. The molecule has 1 unspecified atom stereocenters. The van der Waals surface area contributed by atoms with Crippen LogP contribution in [0.25, 0.3) is 0 Å². The maximum Gasteiger partial charge on any atom is 0.0496 e. The first-order valence-corrected chi connectivity index (χ1v) is 6.48. The van der Waals surface area contributed by atoms with Crippen molar-refractivity contribution in [3.05, 3.63) is 34.9 Å². The van der Waals surface area contributed by atoms with Crippen LogP contribution in [0.1, 0.15) is 38.8 Å². The number of nitrogens with one attached hydrogen (secondary N) is 1. The Morgan fingerprint density at radius 3 is 2.41 bits per heavy atom. The summed E-state index contributed by atoms with van der Waals surface area (Å²) in [6, 6.07) is 8.13. The Bertz CT molecular complexity index is 333. The molecule has 0 heterocycles. The zero-order valence-electron chi connectivity index (χ0n) is 10.8. The molecule has 0 bridgehead atoms. The van der Waals surface area contributed by atoms with Crippen molar-refractivity contribution in [2.45, 2.75) is 33.2 Å². The number of rotatable bonds is 6. The number of hydrogen-bond donors (Lipinski definition) is 2. The van der Waals surface area contributed by atoms with Crippen molar-refractivity contribution in [1.82, 2.24) is 5.32 Å². The third kappa shape index (κ3) is 4.30. The van der Waals surface area contributed by atoms with Gasteiger partial charge in [-0.1, -0.05) is 37.6 Å². The van der Waals surface area contributed by atoms with Crippen molar-refractivity contribution in [1.29, 1.82) is 0 Å². The second-order valence-electron chi connectivity index (χ2n) is 4.98. The SMILES string of the molecule is CCC(C)(CO)CN[C@@H](C)c1ccc(Cl)cc1. The monoisotopic (exact) mass is 255 g/mol. The van der Waals surface area contributed by atoms with Crippen molar-refractivity contribution < 1.29 is 5.11 Å². The molecule has 0 aliphatic carbocycles. The third-order valence-corrected chi connectivity index (χ3v) is 3.69. The molecule has 1 rings (SSSR count). The van der Waals surface area contributed by atoms with Crippen LogP contribution < -0.4 is 5.32 Å². The van der Waals surface area contributed by atoms with Crippen LogP contribution in [0.2, 0.25) is 5.02 Å². The molecule has 2 nitrogen and oxygen atoms in total. The van der Waals surface area contributed by atoms with Gasteiger partial charge in [-0.3, -0.25) is 0 Å². The lowest BCUT2D eigenvalue weighted by atomic mass is 9.88. The van der Waals surface area contributed by atoms with Crippen LogP contribution in [-0.4, -0.2) is 18.3 Å². The Kier molecular flexibility index (Phi) is 5.44. The van der Waals surface area contributed by atoms with E-state index >= 15 is 0 Å². The van der Waals surface area contributed by atoms with Crippen LogP contribution in [0.5, 0.6) is 0 Å². The fourth-order valence-electron chi connectivity index (χ4n) is 1.56. The zero-order valence-corrected chi connectivity index (χ0v) is 11.6. The molecule has 2 atom stereocenters. The second kappa shape index (κ2) is 6.39. The summed E-state index contributed by atoms with van der Waals surface area (Å²) in [5, 5.41) is 13.6. The van der Waals surface area contributed by atoms with Gasteiger partial charge in [-0.2, -0.15) is 0 Å². The molecule has 0 aromatic heterocycles. The topological polar surface area (TPSA) is 32.3 Å². The first kappa shape index (κ1) is 14.5. The van der Waals surface area contributed by atoms with Gasteiger partial charge in [0.1, 0.15) is 0 Å². The van der Waals surface area contributed by atoms with Crippen LogP contribution in [0.4, 0.5) is 0 Å². The first-order chi connectivity index (χ1) is 8.00. The highest BCUT2D eigenvalue weighted by Crippen LogP contribution is 2.21. The average molecular weight is 256 g/mol. The largest absolute Gasteiger partial charge is 0.396 e. The fraction of sp³-hybridized carbons (Fsp3) is 0.571. The Labute approximate surface area is 109 Å². The Morgan fingerprint density at radius 2 is 1.94 bits per heavy atom. The first-order valence-electron chi connectivity index (χ1n) is 6.10. The summed E-state index contributed by atoms with van der Waals surface area (Å²) in [6.45, 7) is 7.34. The number of benzene rings is 1.